The van der Waals surface area contributed by atoms with Gasteiger partial charge in [-0.3, -0.25) is 4.90 Å². The average Bonchev–Trinajstić information content (AvgIpc) is 3.12. The highest BCUT2D eigenvalue weighted by atomic mass is 16.5. The second-order valence-corrected chi connectivity index (χ2v) is 5.96. The number of nitrogens with zero attached hydrogens (tertiary/aromatic N) is 3. The van der Waals surface area contributed by atoms with Crippen molar-refractivity contribution in [1.82, 2.24) is 15.0 Å². The summed E-state index contributed by atoms with van der Waals surface area (Å²) in [6.45, 7) is 2.61. The van der Waals surface area contributed by atoms with Crippen LogP contribution in [-0.4, -0.2) is 28.1 Å². The van der Waals surface area contributed by atoms with Crippen molar-refractivity contribution in [3.05, 3.63) is 78.2 Å². The number of aromatic nitrogens is 2. The van der Waals surface area contributed by atoms with E-state index >= 15 is 0 Å². The zero-order valence-corrected chi connectivity index (χ0v) is 13.4. The number of rotatable bonds is 4. The van der Waals surface area contributed by atoms with Crippen LogP contribution in [-0.2, 0) is 6.54 Å². The Bertz CT molecular complexity index is 824. The highest BCUT2D eigenvalue weighted by Gasteiger charge is 2.16. The minimum Gasteiger partial charge on any atom is -0.338 e. The summed E-state index contributed by atoms with van der Waals surface area (Å²) in [5.41, 5.74) is 3.72. The van der Waals surface area contributed by atoms with Crippen molar-refractivity contribution in [1.29, 1.82) is 0 Å². The molecule has 0 unspecified atom stereocenters. The monoisotopic (exact) mass is 317 g/mol. The Morgan fingerprint density at radius 1 is 0.917 bits per heavy atom. The summed E-state index contributed by atoms with van der Waals surface area (Å²) >= 11 is 0. The van der Waals surface area contributed by atoms with Gasteiger partial charge in [0.15, 0.2) is 0 Å². The van der Waals surface area contributed by atoms with E-state index in [2.05, 4.69) is 51.4 Å². The van der Waals surface area contributed by atoms with Gasteiger partial charge in [-0.05, 0) is 17.6 Å². The molecule has 120 valence electrons. The van der Waals surface area contributed by atoms with E-state index in [0.717, 1.165) is 25.1 Å². The summed E-state index contributed by atoms with van der Waals surface area (Å²) in [6.07, 6.45) is 3.34. The maximum atomic E-state index is 5.41. The van der Waals surface area contributed by atoms with Crippen LogP contribution in [0.15, 0.2) is 71.3 Å². The minimum atomic E-state index is 0.656. The Balaban J connectivity index is 1.41. The van der Waals surface area contributed by atoms with Crippen molar-refractivity contribution in [3.8, 4) is 11.4 Å². The zero-order chi connectivity index (χ0) is 16.2. The molecule has 0 saturated heterocycles. The molecule has 0 saturated carbocycles. The molecule has 0 aliphatic carbocycles. The van der Waals surface area contributed by atoms with E-state index < -0.39 is 0 Å². The summed E-state index contributed by atoms with van der Waals surface area (Å²) in [4.78, 5) is 6.84. The molecule has 3 aromatic rings. The maximum Gasteiger partial charge on any atom is 0.241 e. The van der Waals surface area contributed by atoms with Gasteiger partial charge in [-0.15, -0.1) is 0 Å². The zero-order valence-electron chi connectivity index (χ0n) is 13.4. The SMILES string of the molecule is C1=C(c2ccccc2)CCN(Cc2nc(-c3ccccc3)no2)C1. The number of hydrogen-bond donors (Lipinski definition) is 0. The Labute approximate surface area is 141 Å². The van der Waals surface area contributed by atoms with Crippen molar-refractivity contribution in [3.63, 3.8) is 0 Å². The van der Waals surface area contributed by atoms with E-state index in [9.17, 15) is 0 Å². The Morgan fingerprint density at radius 3 is 2.29 bits per heavy atom. The summed E-state index contributed by atoms with van der Waals surface area (Å²) in [5.74, 6) is 1.33. The van der Waals surface area contributed by atoms with Gasteiger partial charge in [0, 0.05) is 18.7 Å². The molecule has 4 nitrogen and oxygen atoms in total. The molecule has 4 rings (SSSR count). The molecule has 0 spiro atoms. The topological polar surface area (TPSA) is 42.2 Å². The first kappa shape index (κ1) is 14.8. The Hall–Kier alpha value is -2.72. The fourth-order valence-electron chi connectivity index (χ4n) is 2.98. The van der Waals surface area contributed by atoms with Gasteiger partial charge in [0.1, 0.15) is 0 Å². The van der Waals surface area contributed by atoms with Crippen LogP contribution in [0.4, 0.5) is 0 Å². The molecule has 0 N–H and O–H groups in total. The van der Waals surface area contributed by atoms with Crippen LogP contribution in [0.5, 0.6) is 0 Å². The number of hydrogen-bond acceptors (Lipinski definition) is 4. The quantitative estimate of drug-likeness (QED) is 0.729. The van der Waals surface area contributed by atoms with Crippen LogP contribution in [0, 0.1) is 0 Å². The normalized spacial score (nSPS) is 15.2. The van der Waals surface area contributed by atoms with Crippen molar-refractivity contribution in [2.45, 2.75) is 13.0 Å². The predicted octanol–water partition coefficient (Wildman–Crippen LogP) is 4.03. The summed E-state index contributed by atoms with van der Waals surface area (Å²) < 4.78 is 5.41. The van der Waals surface area contributed by atoms with Gasteiger partial charge in [-0.2, -0.15) is 4.98 Å². The molecule has 2 heterocycles. The lowest BCUT2D eigenvalue weighted by Crippen LogP contribution is -2.28. The molecule has 0 fully saturated rings. The fraction of sp³-hybridized carbons (Fsp3) is 0.200. The average molecular weight is 317 g/mol. The van der Waals surface area contributed by atoms with E-state index in [1.807, 2.05) is 30.3 Å². The summed E-state index contributed by atoms with van der Waals surface area (Å²) in [7, 11) is 0. The molecule has 1 aliphatic rings. The van der Waals surface area contributed by atoms with Crippen molar-refractivity contribution >= 4 is 5.57 Å². The first-order valence-electron chi connectivity index (χ1n) is 8.23. The molecule has 0 amide bonds. The third-order valence-electron chi connectivity index (χ3n) is 4.30. The highest BCUT2D eigenvalue weighted by Crippen LogP contribution is 2.23. The molecule has 0 atom stereocenters. The van der Waals surface area contributed by atoms with E-state index in [1.54, 1.807) is 0 Å². The van der Waals surface area contributed by atoms with Crippen LogP contribution in [0.2, 0.25) is 0 Å². The first-order valence-corrected chi connectivity index (χ1v) is 8.23. The van der Waals surface area contributed by atoms with Crippen molar-refractivity contribution in [2.75, 3.05) is 13.1 Å². The third-order valence-corrected chi connectivity index (χ3v) is 4.30. The lowest BCUT2D eigenvalue weighted by molar-refractivity contribution is 0.245. The maximum absolute atomic E-state index is 5.41. The minimum absolute atomic E-state index is 0.656. The second kappa shape index (κ2) is 6.81. The lowest BCUT2D eigenvalue weighted by atomic mass is 10.00. The predicted molar refractivity (Wildman–Crippen MR) is 94.0 cm³/mol. The van der Waals surface area contributed by atoms with Gasteiger partial charge in [0.2, 0.25) is 11.7 Å². The highest BCUT2D eigenvalue weighted by molar-refractivity contribution is 5.66. The first-order chi connectivity index (χ1) is 11.9. The van der Waals surface area contributed by atoms with E-state index in [4.69, 9.17) is 4.52 Å². The van der Waals surface area contributed by atoms with Crippen LogP contribution < -0.4 is 0 Å². The summed E-state index contributed by atoms with van der Waals surface area (Å²) in [6, 6.07) is 20.5. The van der Waals surface area contributed by atoms with Crippen LogP contribution in [0.1, 0.15) is 17.9 Å². The van der Waals surface area contributed by atoms with Crippen LogP contribution in [0.25, 0.3) is 17.0 Å². The van der Waals surface area contributed by atoms with E-state index in [0.29, 0.717) is 18.3 Å². The van der Waals surface area contributed by atoms with Gasteiger partial charge in [0.25, 0.3) is 0 Å². The third kappa shape index (κ3) is 3.29. The summed E-state index contributed by atoms with van der Waals surface area (Å²) in [5, 5.41) is 4.09. The molecule has 1 aliphatic heterocycles. The van der Waals surface area contributed by atoms with Crippen LogP contribution in [0.3, 0.4) is 0 Å². The molecule has 1 aromatic heterocycles. The van der Waals surface area contributed by atoms with Gasteiger partial charge in [0.05, 0.1) is 6.54 Å². The van der Waals surface area contributed by atoms with Gasteiger partial charge < -0.3 is 4.52 Å². The van der Waals surface area contributed by atoms with Crippen molar-refractivity contribution < 1.29 is 4.52 Å². The number of benzene rings is 2. The molecule has 4 heteroatoms. The molecular formula is C20H19N3O. The van der Waals surface area contributed by atoms with E-state index in [1.165, 1.54) is 11.1 Å². The molecule has 2 aromatic carbocycles. The van der Waals surface area contributed by atoms with Crippen molar-refractivity contribution in [2.24, 2.45) is 0 Å². The smallest absolute Gasteiger partial charge is 0.241 e. The van der Waals surface area contributed by atoms with Gasteiger partial charge >= 0.3 is 0 Å². The second-order valence-electron chi connectivity index (χ2n) is 5.96. The standard InChI is InChI=1S/C20H19N3O/c1-3-7-16(8-4-1)17-11-13-23(14-12-17)15-19-21-20(22-24-19)18-9-5-2-6-10-18/h1-11H,12-15H2. The molecule has 0 bridgehead atoms. The fourth-order valence-corrected chi connectivity index (χ4v) is 2.98. The van der Waals surface area contributed by atoms with Gasteiger partial charge in [-0.1, -0.05) is 71.9 Å². The van der Waals surface area contributed by atoms with Gasteiger partial charge in [-0.25, -0.2) is 0 Å². The largest absolute Gasteiger partial charge is 0.338 e. The van der Waals surface area contributed by atoms with Crippen LogP contribution >= 0.6 is 0 Å². The lowest BCUT2D eigenvalue weighted by Gasteiger charge is -2.24. The molecular weight excluding hydrogens is 298 g/mol. The Morgan fingerprint density at radius 2 is 1.62 bits per heavy atom. The Kier molecular flexibility index (Phi) is 4.21. The molecule has 0 radical (unpaired) electrons. The molecule has 24 heavy (non-hydrogen) atoms. The van der Waals surface area contributed by atoms with E-state index in [-0.39, 0.29) is 0 Å².